The molecule has 0 aliphatic carbocycles. The summed E-state index contributed by atoms with van der Waals surface area (Å²) in [5, 5.41) is 9.38. The van der Waals surface area contributed by atoms with Crippen molar-refractivity contribution in [2.45, 2.75) is 12.6 Å². The lowest BCUT2D eigenvalue weighted by molar-refractivity contribution is -0.161. The van der Waals surface area contributed by atoms with Crippen LogP contribution >= 0.6 is 0 Å². The Bertz CT molecular complexity index is 764. The van der Waals surface area contributed by atoms with Gasteiger partial charge in [0.15, 0.2) is 0 Å². The van der Waals surface area contributed by atoms with Gasteiger partial charge in [-0.2, -0.15) is 5.06 Å². The number of nitrogen functional groups attached to an aromatic ring is 1. The van der Waals surface area contributed by atoms with Crippen LogP contribution in [0.25, 0.3) is 0 Å². The van der Waals surface area contributed by atoms with E-state index in [1.807, 2.05) is 42.5 Å². The second kappa shape index (κ2) is 7.46. The molecule has 0 bridgehead atoms. The average Bonchev–Trinajstić information content (AvgIpc) is 3.06. The van der Waals surface area contributed by atoms with E-state index >= 15 is 0 Å². The molecule has 1 heterocycles. The van der Waals surface area contributed by atoms with E-state index in [4.69, 9.17) is 20.7 Å². The Labute approximate surface area is 146 Å². The van der Waals surface area contributed by atoms with Crippen molar-refractivity contribution in [3.8, 4) is 0 Å². The number of rotatable bonds is 5. The molecular weight excluding hydrogens is 318 g/mol. The summed E-state index contributed by atoms with van der Waals surface area (Å²) in [5.41, 5.74) is 8.08. The molecule has 1 fully saturated rings. The summed E-state index contributed by atoms with van der Waals surface area (Å²) >= 11 is 0. The van der Waals surface area contributed by atoms with Crippen molar-refractivity contribution in [2.24, 2.45) is 11.7 Å². The lowest BCUT2D eigenvalue weighted by atomic mass is 9.95. The number of hydroxylamine groups is 2. The maximum Gasteiger partial charge on any atom is 0.313 e. The number of amidine groups is 1. The maximum absolute atomic E-state index is 12.2. The number of nitrogens with zero attached hydrogens (tertiary/aromatic N) is 1. The Hall–Kier alpha value is -2.70. The highest BCUT2D eigenvalue weighted by Gasteiger charge is 2.41. The molecule has 6 nitrogen and oxygen atoms in total. The van der Waals surface area contributed by atoms with Crippen molar-refractivity contribution >= 4 is 11.8 Å². The lowest BCUT2D eigenvalue weighted by Gasteiger charge is -2.18. The van der Waals surface area contributed by atoms with Crippen LogP contribution in [0, 0.1) is 11.3 Å². The highest BCUT2D eigenvalue weighted by Crippen LogP contribution is 2.36. The molecule has 6 heteroatoms. The van der Waals surface area contributed by atoms with Gasteiger partial charge in [-0.05, 0) is 17.2 Å². The number of nitrogens with two attached hydrogens (primary N) is 1. The van der Waals surface area contributed by atoms with E-state index in [9.17, 15) is 4.79 Å². The molecule has 1 saturated heterocycles. The molecule has 0 saturated carbocycles. The van der Waals surface area contributed by atoms with Crippen molar-refractivity contribution in [3.05, 3.63) is 71.3 Å². The van der Waals surface area contributed by atoms with Crippen LogP contribution in [0.1, 0.15) is 22.8 Å². The predicted octanol–water partition coefficient (Wildman–Crippen LogP) is 2.25. The Morgan fingerprint density at radius 1 is 1.28 bits per heavy atom. The minimum Gasteiger partial charge on any atom is -0.469 e. The molecule has 0 spiro atoms. The number of benzene rings is 2. The summed E-state index contributed by atoms with van der Waals surface area (Å²) < 4.78 is 4.95. The normalized spacial score (nSPS) is 20.4. The van der Waals surface area contributed by atoms with E-state index in [1.165, 1.54) is 7.11 Å². The fraction of sp³-hybridized carbons (Fsp3) is 0.263. The summed E-state index contributed by atoms with van der Waals surface area (Å²) in [7, 11) is 1.38. The molecule has 3 rings (SSSR count). The van der Waals surface area contributed by atoms with Crippen LogP contribution < -0.4 is 5.73 Å². The lowest BCUT2D eigenvalue weighted by Crippen LogP contribution is -2.24. The first kappa shape index (κ1) is 17.1. The number of hydrogen-bond donors (Lipinski definition) is 2. The number of nitrogens with one attached hydrogen (secondary N) is 1. The topological polar surface area (TPSA) is 88.6 Å². The smallest absolute Gasteiger partial charge is 0.313 e. The van der Waals surface area contributed by atoms with Crippen LogP contribution in [0.15, 0.2) is 54.6 Å². The van der Waals surface area contributed by atoms with Gasteiger partial charge in [0.05, 0.1) is 7.11 Å². The van der Waals surface area contributed by atoms with Crippen LogP contribution in [0.5, 0.6) is 0 Å². The highest BCUT2D eigenvalue weighted by molar-refractivity contribution is 5.95. The average molecular weight is 339 g/mol. The second-order valence-corrected chi connectivity index (χ2v) is 6.00. The Morgan fingerprint density at radius 2 is 2.04 bits per heavy atom. The number of methoxy groups -OCH3 is 1. The molecule has 130 valence electrons. The highest BCUT2D eigenvalue weighted by atomic mass is 16.7. The third-order valence-corrected chi connectivity index (χ3v) is 4.26. The first-order valence-corrected chi connectivity index (χ1v) is 8.06. The molecule has 0 unspecified atom stereocenters. The Kier molecular flexibility index (Phi) is 5.11. The molecular formula is C19H21N3O3. The van der Waals surface area contributed by atoms with Crippen LogP contribution in [-0.2, 0) is 20.9 Å². The van der Waals surface area contributed by atoms with Gasteiger partial charge in [-0.1, -0.05) is 48.5 Å². The predicted molar refractivity (Wildman–Crippen MR) is 93.6 cm³/mol. The van der Waals surface area contributed by atoms with Crippen molar-refractivity contribution < 1.29 is 14.4 Å². The number of hydrogen-bond acceptors (Lipinski definition) is 5. The molecule has 25 heavy (non-hydrogen) atoms. The summed E-state index contributed by atoms with van der Waals surface area (Å²) in [6.07, 6.45) is -0.463. The summed E-state index contributed by atoms with van der Waals surface area (Å²) in [4.78, 5) is 18.3. The van der Waals surface area contributed by atoms with Gasteiger partial charge in [-0.3, -0.25) is 15.0 Å². The quantitative estimate of drug-likeness (QED) is 0.495. The zero-order valence-corrected chi connectivity index (χ0v) is 14.0. The maximum atomic E-state index is 12.2. The number of esters is 1. The number of carbonyl (C=O) groups is 1. The van der Waals surface area contributed by atoms with E-state index in [2.05, 4.69) is 0 Å². The van der Waals surface area contributed by atoms with Crippen LogP contribution in [-0.4, -0.2) is 30.5 Å². The summed E-state index contributed by atoms with van der Waals surface area (Å²) in [5.74, 6) is -0.764. The van der Waals surface area contributed by atoms with Crippen molar-refractivity contribution in [1.29, 1.82) is 5.41 Å². The number of carbonyl (C=O) groups excluding carboxylic acids is 1. The molecule has 2 aromatic carbocycles. The first-order valence-electron chi connectivity index (χ1n) is 8.06. The molecule has 3 N–H and O–H groups in total. The van der Waals surface area contributed by atoms with Crippen LogP contribution in [0.2, 0.25) is 0 Å². The van der Waals surface area contributed by atoms with E-state index in [0.29, 0.717) is 18.7 Å². The third kappa shape index (κ3) is 3.87. The van der Waals surface area contributed by atoms with Gasteiger partial charge in [0.2, 0.25) is 0 Å². The van der Waals surface area contributed by atoms with Gasteiger partial charge in [0.1, 0.15) is 17.9 Å². The number of ether oxygens (including phenoxy) is 1. The minimum atomic E-state index is -0.463. The largest absolute Gasteiger partial charge is 0.469 e. The van der Waals surface area contributed by atoms with Gasteiger partial charge < -0.3 is 10.5 Å². The van der Waals surface area contributed by atoms with Crippen LogP contribution in [0.4, 0.5) is 0 Å². The SMILES string of the molecule is COC(=O)[C@@H]1CN(Cc2ccccc2)O[C@H]1c1cccc(C(=N)N)c1. The molecule has 0 aromatic heterocycles. The Balaban J connectivity index is 1.84. The molecule has 1 aliphatic rings. The second-order valence-electron chi connectivity index (χ2n) is 6.00. The molecule has 0 amide bonds. The monoisotopic (exact) mass is 339 g/mol. The molecule has 2 atom stereocenters. The molecule has 2 aromatic rings. The minimum absolute atomic E-state index is 0.0180. The fourth-order valence-corrected chi connectivity index (χ4v) is 3.01. The van der Waals surface area contributed by atoms with Gasteiger partial charge in [0, 0.05) is 18.7 Å². The fourth-order valence-electron chi connectivity index (χ4n) is 3.01. The van der Waals surface area contributed by atoms with E-state index in [0.717, 1.165) is 11.1 Å². The van der Waals surface area contributed by atoms with Gasteiger partial charge in [-0.25, -0.2) is 0 Å². The van der Waals surface area contributed by atoms with Gasteiger partial charge in [0.25, 0.3) is 0 Å². The van der Waals surface area contributed by atoms with Crippen LogP contribution in [0.3, 0.4) is 0 Å². The zero-order chi connectivity index (χ0) is 17.8. The third-order valence-electron chi connectivity index (χ3n) is 4.26. The van der Waals surface area contributed by atoms with Gasteiger partial charge >= 0.3 is 5.97 Å². The molecule has 1 aliphatic heterocycles. The van der Waals surface area contributed by atoms with E-state index in [1.54, 1.807) is 17.2 Å². The van der Waals surface area contributed by atoms with Crippen molar-refractivity contribution in [3.63, 3.8) is 0 Å². The molecule has 0 radical (unpaired) electrons. The standard InChI is InChI=1S/C19H21N3O3/c1-24-19(23)16-12-22(11-13-6-3-2-4-7-13)25-17(16)14-8-5-9-15(10-14)18(20)21/h2-10,16-17H,11-12H2,1H3,(H3,20,21)/t16-,17+/m1/s1. The zero-order valence-electron chi connectivity index (χ0n) is 14.0. The van der Waals surface area contributed by atoms with E-state index < -0.39 is 12.0 Å². The van der Waals surface area contributed by atoms with Crippen molar-refractivity contribution in [1.82, 2.24) is 5.06 Å². The van der Waals surface area contributed by atoms with Gasteiger partial charge in [-0.15, -0.1) is 0 Å². The summed E-state index contributed by atoms with van der Waals surface area (Å²) in [6.45, 7) is 1.02. The summed E-state index contributed by atoms with van der Waals surface area (Å²) in [6, 6.07) is 17.2. The first-order chi connectivity index (χ1) is 12.1. The Morgan fingerprint density at radius 3 is 2.72 bits per heavy atom. The van der Waals surface area contributed by atoms with Crippen molar-refractivity contribution in [2.75, 3.05) is 13.7 Å². The van der Waals surface area contributed by atoms with E-state index in [-0.39, 0.29) is 11.8 Å².